The van der Waals surface area contributed by atoms with Gasteiger partial charge in [-0.3, -0.25) is 0 Å². The van der Waals surface area contributed by atoms with E-state index in [-0.39, 0.29) is 0 Å². The van der Waals surface area contributed by atoms with Crippen LogP contribution in [0.3, 0.4) is 0 Å². The van der Waals surface area contributed by atoms with Gasteiger partial charge in [0.15, 0.2) is 0 Å². The molecule has 0 saturated carbocycles. The first kappa shape index (κ1) is 10.3. The summed E-state index contributed by atoms with van der Waals surface area (Å²) in [5, 5.41) is 0. The van der Waals surface area contributed by atoms with Crippen LogP contribution >= 0.6 is 0 Å². The van der Waals surface area contributed by atoms with E-state index in [1.54, 1.807) is 0 Å². The molecule has 0 amide bonds. The minimum absolute atomic E-state index is 0.575. The SMILES string of the molecule is C=C(C)C1=C(C)CCCC1C(=C)C. The van der Waals surface area contributed by atoms with Crippen LogP contribution < -0.4 is 0 Å². The molecule has 1 aliphatic rings. The summed E-state index contributed by atoms with van der Waals surface area (Å²) in [4.78, 5) is 0. The van der Waals surface area contributed by atoms with Gasteiger partial charge >= 0.3 is 0 Å². The Morgan fingerprint density at radius 2 is 1.92 bits per heavy atom. The third kappa shape index (κ3) is 2.12. The molecule has 0 saturated heterocycles. The normalized spacial score (nSPS) is 23.2. The van der Waals surface area contributed by atoms with E-state index in [0.717, 1.165) is 0 Å². The number of allylic oxidation sites excluding steroid dienone is 4. The highest BCUT2D eigenvalue weighted by molar-refractivity contribution is 5.38. The molecule has 13 heavy (non-hydrogen) atoms. The maximum absolute atomic E-state index is 4.07. The van der Waals surface area contributed by atoms with Gasteiger partial charge < -0.3 is 0 Å². The van der Waals surface area contributed by atoms with Crippen molar-refractivity contribution in [2.45, 2.75) is 40.0 Å². The second-order valence-corrected chi connectivity index (χ2v) is 4.27. The molecule has 1 atom stereocenters. The van der Waals surface area contributed by atoms with Crippen LogP contribution in [-0.4, -0.2) is 0 Å². The van der Waals surface area contributed by atoms with Gasteiger partial charge in [-0.15, -0.1) is 0 Å². The Morgan fingerprint density at radius 3 is 2.31 bits per heavy atom. The monoisotopic (exact) mass is 176 g/mol. The molecule has 0 N–H and O–H groups in total. The highest BCUT2D eigenvalue weighted by Crippen LogP contribution is 2.37. The molecule has 0 nitrogen and oxygen atoms in total. The quantitative estimate of drug-likeness (QED) is 0.552. The largest absolute Gasteiger partial charge is 0.0995 e. The first-order valence-corrected chi connectivity index (χ1v) is 5.05. The van der Waals surface area contributed by atoms with Crippen molar-refractivity contribution in [3.05, 3.63) is 35.5 Å². The minimum atomic E-state index is 0.575. The van der Waals surface area contributed by atoms with E-state index in [1.807, 2.05) is 0 Å². The highest BCUT2D eigenvalue weighted by atomic mass is 14.3. The van der Waals surface area contributed by atoms with Crippen LogP contribution in [0, 0.1) is 5.92 Å². The van der Waals surface area contributed by atoms with Crippen molar-refractivity contribution in [2.75, 3.05) is 0 Å². The number of hydrogen-bond donors (Lipinski definition) is 0. The Morgan fingerprint density at radius 1 is 1.31 bits per heavy atom. The van der Waals surface area contributed by atoms with Crippen LogP contribution in [0.4, 0.5) is 0 Å². The topological polar surface area (TPSA) is 0 Å². The van der Waals surface area contributed by atoms with Gasteiger partial charge in [0.1, 0.15) is 0 Å². The van der Waals surface area contributed by atoms with E-state index >= 15 is 0 Å². The fraction of sp³-hybridized carbons (Fsp3) is 0.538. The van der Waals surface area contributed by atoms with Crippen LogP contribution in [0.15, 0.2) is 35.5 Å². The van der Waals surface area contributed by atoms with Crippen molar-refractivity contribution >= 4 is 0 Å². The lowest BCUT2D eigenvalue weighted by Crippen LogP contribution is -2.13. The third-order valence-corrected chi connectivity index (χ3v) is 2.91. The molecule has 0 aromatic carbocycles. The van der Waals surface area contributed by atoms with Gasteiger partial charge in [0, 0.05) is 5.92 Å². The molecule has 0 spiro atoms. The average molecular weight is 176 g/mol. The van der Waals surface area contributed by atoms with Crippen molar-refractivity contribution < 1.29 is 0 Å². The van der Waals surface area contributed by atoms with Gasteiger partial charge in [-0.05, 0) is 45.6 Å². The van der Waals surface area contributed by atoms with Gasteiger partial charge in [-0.2, -0.15) is 0 Å². The predicted octanol–water partition coefficient (Wildman–Crippen LogP) is 4.26. The summed E-state index contributed by atoms with van der Waals surface area (Å²) in [6, 6.07) is 0. The fourth-order valence-corrected chi connectivity index (χ4v) is 2.30. The molecule has 1 aliphatic carbocycles. The maximum atomic E-state index is 4.07. The summed E-state index contributed by atoms with van der Waals surface area (Å²) in [5.74, 6) is 0.575. The third-order valence-electron chi connectivity index (χ3n) is 2.91. The van der Waals surface area contributed by atoms with Gasteiger partial charge in [0.05, 0.1) is 0 Å². The fourth-order valence-electron chi connectivity index (χ4n) is 2.30. The van der Waals surface area contributed by atoms with Crippen LogP contribution in [-0.2, 0) is 0 Å². The minimum Gasteiger partial charge on any atom is -0.0995 e. The Hall–Kier alpha value is -0.780. The molecular weight excluding hydrogens is 156 g/mol. The Kier molecular flexibility index (Phi) is 3.13. The first-order valence-electron chi connectivity index (χ1n) is 5.05. The van der Waals surface area contributed by atoms with Gasteiger partial charge in [0.2, 0.25) is 0 Å². The molecule has 0 aromatic rings. The molecule has 1 rings (SSSR count). The van der Waals surface area contributed by atoms with Gasteiger partial charge in [-0.1, -0.05) is 29.9 Å². The molecule has 0 radical (unpaired) electrons. The van der Waals surface area contributed by atoms with Crippen LogP contribution in [0.5, 0.6) is 0 Å². The smallest absolute Gasteiger partial charge is 0.00446 e. The lowest BCUT2D eigenvalue weighted by atomic mass is 9.77. The lowest BCUT2D eigenvalue weighted by Gasteiger charge is -2.28. The van der Waals surface area contributed by atoms with E-state index in [9.17, 15) is 0 Å². The van der Waals surface area contributed by atoms with E-state index in [0.29, 0.717) is 5.92 Å². The van der Waals surface area contributed by atoms with Crippen molar-refractivity contribution in [3.8, 4) is 0 Å². The molecule has 0 aliphatic heterocycles. The van der Waals surface area contributed by atoms with Crippen LogP contribution in [0.2, 0.25) is 0 Å². The zero-order valence-electron chi connectivity index (χ0n) is 9.11. The highest BCUT2D eigenvalue weighted by Gasteiger charge is 2.21. The standard InChI is InChI=1S/C13H20/c1-9(2)12-8-6-7-11(5)13(12)10(3)4/h12H,1,3,6-8H2,2,4-5H3. The molecule has 0 bridgehead atoms. The summed E-state index contributed by atoms with van der Waals surface area (Å²) in [7, 11) is 0. The van der Waals surface area contributed by atoms with E-state index in [1.165, 1.54) is 41.6 Å². The van der Waals surface area contributed by atoms with Crippen molar-refractivity contribution in [3.63, 3.8) is 0 Å². The zero-order valence-corrected chi connectivity index (χ0v) is 9.11. The average Bonchev–Trinajstić information content (AvgIpc) is 2.02. The zero-order chi connectivity index (χ0) is 10.0. The predicted molar refractivity (Wildman–Crippen MR) is 59.7 cm³/mol. The number of rotatable bonds is 2. The summed E-state index contributed by atoms with van der Waals surface area (Å²) < 4.78 is 0. The van der Waals surface area contributed by atoms with E-state index in [4.69, 9.17) is 0 Å². The first-order chi connectivity index (χ1) is 6.04. The molecule has 0 fully saturated rings. The summed E-state index contributed by atoms with van der Waals surface area (Å²) >= 11 is 0. The van der Waals surface area contributed by atoms with Crippen LogP contribution in [0.1, 0.15) is 40.0 Å². The second kappa shape index (κ2) is 3.95. The lowest BCUT2D eigenvalue weighted by molar-refractivity contribution is 0.562. The summed E-state index contributed by atoms with van der Waals surface area (Å²) in [6.07, 6.45) is 3.81. The summed E-state index contributed by atoms with van der Waals surface area (Å²) in [6.45, 7) is 14.6. The van der Waals surface area contributed by atoms with E-state index < -0.39 is 0 Å². The summed E-state index contributed by atoms with van der Waals surface area (Å²) in [5.41, 5.74) is 5.51. The van der Waals surface area contributed by atoms with Gasteiger partial charge in [-0.25, -0.2) is 0 Å². The van der Waals surface area contributed by atoms with Crippen molar-refractivity contribution in [1.82, 2.24) is 0 Å². The van der Waals surface area contributed by atoms with Crippen LogP contribution in [0.25, 0.3) is 0 Å². The Bertz CT molecular complexity index is 266. The molecule has 0 heterocycles. The molecule has 0 aromatic heterocycles. The van der Waals surface area contributed by atoms with Crippen molar-refractivity contribution in [1.29, 1.82) is 0 Å². The maximum Gasteiger partial charge on any atom is 0.00446 e. The molecule has 72 valence electrons. The molecule has 1 unspecified atom stereocenters. The number of hydrogen-bond acceptors (Lipinski definition) is 0. The molecular formula is C13H20. The molecule has 0 heteroatoms. The van der Waals surface area contributed by atoms with Gasteiger partial charge in [0.25, 0.3) is 0 Å². The van der Waals surface area contributed by atoms with Crippen molar-refractivity contribution in [2.24, 2.45) is 5.92 Å². The Labute approximate surface area is 82.0 Å². The van der Waals surface area contributed by atoms with E-state index in [2.05, 4.69) is 33.9 Å². The Balaban J connectivity index is 3.03. The second-order valence-electron chi connectivity index (χ2n) is 4.27.